The van der Waals surface area contributed by atoms with E-state index < -0.39 is 0 Å². The molecule has 2 N–H and O–H groups in total. The molecular weight excluding hydrogens is 250 g/mol. The summed E-state index contributed by atoms with van der Waals surface area (Å²) in [7, 11) is 0. The molecule has 1 aromatic rings. The lowest BCUT2D eigenvalue weighted by Crippen LogP contribution is -2.55. The lowest BCUT2D eigenvalue weighted by atomic mass is 9.99. The van der Waals surface area contributed by atoms with Crippen molar-refractivity contribution in [1.82, 2.24) is 14.9 Å². The summed E-state index contributed by atoms with van der Waals surface area (Å²) in [6, 6.07) is 2.61. The molecule has 0 amide bonds. The predicted molar refractivity (Wildman–Crippen MR) is 82.0 cm³/mol. The summed E-state index contributed by atoms with van der Waals surface area (Å²) in [5.41, 5.74) is 5.95. The van der Waals surface area contributed by atoms with Crippen molar-refractivity contribution >= 4 is 11.6 Å². The van der Waals surface area contributed by atoms with Gasteiger partial charge in [-0.3, -0.25) is 4.90 Å². The van der Waals surface area contributed by atoms with Gasteiger partial charge in [0, 0.05) is 37.7 Å². The SMILES string of the molecule is CC(C)c1nc(N)cc(N2CCN3CCCCC3C2)n1. The number of piperazine rings is 1. The maximum Gasteiger partial charge on any atom is 0.135 e. The van der Waals surface area contributed by atoms with Crippen LogP contribution in [-0.4, -0.2) is 47.1 Å². The number of hydrogen-bond donors (Lipinski definition) is 1. The molecule has 1 aromatic heterocycles. The summed E-state index contributed by atoms with van der Waals surface area (Å²) in [5.74, 6) is 2.76. The Bertz CT molecular complexity index is 473. The van der Waals surface area contributed by atoms with Gasteiger partial charge in [-0.1, -0.05) is 20.3 Å². The Kier molecular flexibility index (Phi) is 3.78. The van der Waals surface area contributed by atoms with E-state index in [1.807, 2.05) is 6.07 Å². The molecule has 3 rings (SSSR count). The number of fused-ring (bicyclic) bond motifs is 1. The molecule has 2 fully saturated rings. The number of nitrogens with zero attached hydrogens (tertiary/aromatic N) is 4. The first kappa shape index (κ1) is 13.6. The van der Waals surface area contributed by atoms with Crippen LogP contribution in [0.1, 0.15) is 44.9 Å². The normalized spacial score (nSPS) is 23.9. The van der Waals surface area contributed by atoms with Gasteiger partial charge in [0.15, 0.2) is 0 Å². The van der Waals surface area contributed by atoms with Gasteiger partial charge >= 0.3 is 0 Å². The van der Waals surface area contributed by atoms with Gasteiger partial charge in [-0.15, -0.1) is 0 Å². The number of anilines is 2. The van der Waals surface area contributed by atoms with E-state index in [0.29, 0.717) is 17.8 Å². The Morgan fingerprint density at radius 1 is 1.20 bits per heavy atom. The summed E-state index contributed by atoms with van der Waals surface area (Å²) in [6.45, 7) is 8.75. The van der Waals surface area contributed by atoms with Gasteiger partial charge in [0.25, 0.3) is 0 Å². The molecule has 110 valence electrons. The molecule has 1 atom stereocenters. The average molecular weight is 275 g/mol. The maximum atomic E-state index is 5.95. The fourth-order valence-electron chi connectivity index (χ4n) is 3.26. The zero-order valence-corrected chi connectivity index (χ0v) is 12.5. The number of nitrogens with two attached hydrogens (primary N) is 1. The molecule has 0 spiro atoms. The van der Waals surface area contributed by atoms with Crippen LogP contribution in [0.2, 0.25) is 0 Å². The third kappa shape index (κ3) is 2.73. The standard InChI is InChI=1S/C15H25N5/c1-11(2)15-17-13(16)9-14(18-15)20-8-7-19-6-4-3-5-12(19)10-20/h9,11-12H,3-8,10H2,1-2H3,(H2,16,17,18). The van der Waals surface area contributed by atoms with Crippen LogP contribution < -0.4 is 10.6 Å². The second-order valence-electron chi connectivity index (χ2n) is 6.30. The van der Waals surface area contributed by atoms with E-state index in [-0.39, 0.29) is 0 Å². The van der Waals surface area contributed by atoms with Crippen LogP contribution >= 0.6 is 0 Å². The summed E-state index contributed by atoms with van der Waals surface area (Å²) >= 11 is 0. The molecule has 5 nitrogen and oxygen atoms in total. The van der Waals surface area contributed by atoms with Gasteiger partial charge in [-0.25, -0.2) is 9.97 Å². The summed E-state index contributed by atoms with van der Waals surface area (Å²) in [6.07, 6.45) is 4.03. The highest BCUT2D eigenvalue weighted by molar-refractivity contribution is 5.48. The molecule has 2 aliphatic heterocycles. The Balaban J connectivity index is 1.79. The fourth-order valence-corrected chi connectivity index (χ4v) is 3.26. The molecule has 0 radical (unpaired) electrons. The van der Waals surface area contributed by atoms with Crippen LogP contribution in [-0.2, 0) is 0 Å². The van der Waals surface area contributed by atoms with Gasteiger partial charge in [-0.05, 0) is 19.4 Å². The molecule has 3 heterocycles. The molecule has 0 bridgehead atoms. The minimum Gasteiger partial charge on any atom is -0.384 e. The van der Waals surface area contributed by atoms with Crippen LogP contribution in [0.4, 0.5) is 11.6 Å². The van der Waals surface area contributed by atoms with Crippen LogP contribution in [0.15, 0.2) is 6.07 Å². The third-order valence-electron chi connectivity index (χ3n) is 4.43. The van der Waals surface area contributed by atoms with Gasteiger partial charge in [0.2, 0.25) is 0 Å². The van der Waals surface area contributed by atoms with E-state index >= 15 is 0 Å². The Morgan fingerprint density at radius 3 is 2.85 bits per heavy atom. The van der Waals surface area contributed by atoms with E-state index in [1.165, 1.54) is 25.8 Å². The maximum absolute atomic E-state index is 5.95. The number of hydrogen-bond acceptors (Lipinski definition) is 5. The van der Waals surface area contributed by atoms with E-state index in [4.69, 9.17) is 10.7 Å². The topological polar surface area (TPSA) is 58.3 Å². The zero-order valence-electron chi connectivity index (χ0n) is 12.5. The van der Waals surface area contributed by atoms with Gasteiger partial charge in [0.05, 0.1) is 0 Å². The molecule has 2 saturated heterocycles. The average Bonchev–Trinajstić information content (AvgIpc) is 2.46. The van der Waals surface area contributed by atoms with Crippen molar-refractivity contribution in [3.8, 4) is 0 Å². The minimum absolute atomic E-state index is 0.313. The van der Waals surface area contributed by atoms with Crippen molar-refractivity contribution in [2.45, 2.75) is 45.1 Å². The lowest BCUT2D eigenvalue weighted by molar-refractivity contribution is 0.133. The van der Waals surface area contributed by atoms with E-state index in [0.717, 1.165) is 31.3 Å². The second-order valence-corrected chi connectivity index (χ2v) is 6.30. The Morgan fingerprint density at radius 2 is 2.05 bits per heavy atom. The Labute approximate surface area is 121 Å². The molecular formula is C15H25N5. The molecule has 2 aliphatic rings. The number of rotatable bonds is 2. The largest absolute Gasteiger partial charge is 0.384 e. The zero-order chi connectivity index (χ0) is 14.1. The highest BCUT2D eigenvalue weighted by atomic mass is 15.3. The van der Waals surface area contributed by atoms with Crippen molar-refractivity contribution in [2.24, 2.45) is 0 Å². The smallest absolute Gasteiger partial charge is 0.135 e. The molecule has 1 unspecified atom stereocenters. The molecule has 5 heteroatoms. The lowest BCUT2D eigenvalue weighted by Gasteiger charge is -2.44. The van der Waals surface area contributed by atoms with Crippen LogP contribution in [0, 0.1) is 0 Å². The van der Waals surface area contributed by atoms with Gasteiger partial charge in [-0.2, -0.15) is 0 Å². The second kappa shape index (κ2) is 5.56. The molecule has 20 heavy (non-hydrogen) atoms. The number of nitrogen functional groups attached to an aromatic ring is 1. The monoisotopic (exact) mass is 275 g/mol. The molecule has 0 aliphatic carbocycles. The predicted octanol–water partition coefficient (Wildman–Crippen LogP) is 1.86. The first-order chi connectivity index (χ1) is 9.63. The highest BCUT2D eigenvalue weighted by Crippen LogP contribution is 2.25. The van der Waals surface area contributed by atoms with Crippen molar-refractivity contribution in [2.75, 3.05) is 36.8 Å². The number of piperidine rings is 1. The van der Waals surface area contributed by atoms with Crippen molar-refractivity contribution in [3.05, 3.63) is 11.9 Å². The summed E-state index contributed by atoms with van der Waals surface area (Å²) < 4.78 is 0. The molecule has 0 saturated carbocycles. The van der Waals surface area contributed by atoms with Gasteiger partial charge < -0.3 is 10.6 Å². The minimum atomic E-state index is 0.313. The van der Waals surface area contributed by atoms with E-state index in [2.05, 4.69) is 28.6 Å². The van der Waals surface area contributed by atoms with E-state index in [9.17, 15) is 0 Å². The Hall–Kier alpha value is -1.36. The summed E-state index contributed by atoms with van der Waals surface area (Å²) in [4.78, 5) is 14.1. The van der Waals surface area contributed by atoms with Crippen molar-refractivity contribution in [1.29, 1.82) is 0 Å². The highest BCUT2D eigenvalue weighted by Gasteiger charge is 2.29. The number of aromatic nitrogens is 2. The van der Waals surface area contributed by atoms with Crippen LogP contribution in [0.25, 0.3) is 0 Å². The quantitative estimate of drug-likeness (QED) is 0.892. The summed E-state index contributed by atoms with van der Waals surface area (Å²) in [5, 5.41) is 0. The first-order valence-electron chi connectivity index (χ1n) is 7.77. The van der Waals surface area contributed by atoms with E-state index in [1.54, 1.807) is 0 Å². The van der Waals surface area contributed by atoms with Gasteiger partial charge in [0.1, 0.15) is 17.5 Å². The van der Waals surface area contributed by atoms with Crippen molar-refractivity contribution in [3.63, 3.8) is 0 Å². The molecule has 0 aromatic carbocycles. The third-order valence-corrected chi connectivity index (χ3v) is 4.43. The van der Waals surface area contributed by atoms with Crippen LogP contribution in [0.5, 0.6) is 0 Å². The van der Waals surface area contributed by atoms with Crippen molar-refractivity contribution < 1.29 is 0 Å². The fraction of sp³-hybridized carbons (Fsp3) is 0.733. The van der Waals surface area contributed by atoms with Crippen LogP contribution in [0.3, 0.4) is 0 Å². The first-order valence-corrected chi connectivity index (χ1v) is 7.77.